The van der Waals surface area contributed by atoms with Crippen molar-refractivity contribution in [2.24, 2.45) is 0 Å². The van der Waals surface area contributed by atoms with Crippen molar-refractivity contribution in [2.75, 3.05) is 6.54 Å². The number of alkyl halides is 3. The van der Waals surface area contributed by atoms with Crippen LogP contribution in [-0.2, 0) is 4.79 Å². The lowest BCUT2D eigenvalue weighted by atomic mass is 9.82. The molecule has 0 bridgehead atoms. The van der Waals surface area contributed by atoms with Gasteiger partial charge in [0, 0.05) is 30.1 Å². The zero-order chi connectivity index (χ0) is 30.2. The molecule has 0 spiro atoms. The second-order valence-corrected chi connectivity index (χ2v) is 9.88. The molecule has 0 heterocycles. The number of rotatable bonds is 14. The number of nitrogens with one attached hydrogen (secondary N) is 1. The van der Waals surface area contributed by atoms with Crippen LogP contribution in [0.5, 0.6) is 5.75 Å². The molecule has 0 amide bonds. The van der Waals surface area contributed by atoms with Gasteiger partial charge in [-0.2, -0.15) is 0 Å². The van der Waals surface area contributed by atoms with E-state index >= 15 is 0 Å². The van der Waals surface area contributed by atoms with Crippen molar-refractivity contribution in [3.05, 3.63) is 114 Å². The third-order valence-electron chi connectivity index (χ3n) is 7.00. The Morgan fingerprint density at radius 2 is 1.54 bits per heavy atom. The summed E-state index contributed by atoms with van der Waals surface area (Å²) in [5.74, 6) is -1.60. The molecule has 0 fully saturated rings. The topological polar surface area (TPSA) is 75.6 Å². The number of carbonyl (C=O) groups is 2. The van der Waals surface area contributed by atoms with Gasteiger partial charge in [-0.05, 0) is 52.3 Å². The molecular formula is C33H34F3NO4. The van der Waals surface area contributed by atoms with Crippen molar-refractivity contribution in [3.63, 3.8) is 0 Å². The summed E-state index contributed by atoms with van der Waals surface area (Å²) < 4.78 is 42.6. The van der Waals surface area contributed by atoms with Gasteiger partial charge >= 0.3 is 12.3 Å². The predicted octanol–water partition coefficient (Wildman–Crippen LogP) is 8.20. The second-order valence-electron chi connectivity index (χ2n) is 9.88. The molecule has 3 aromatic carbocycles. The summed E-state index contributed by atoms with van der Waals surface area (Å²) in [6.07, 6.45) is -3.88. The van der Waals surface area contributed by atoms with Gasteiger partial charge in [-0.1, -0.05) is 87.7 Å². The van der Waals surface area contributed by atoms with Gasteiger partial charge in [-0.15, -0.1) is 13.2 Å². The van der Waals surface area contributed by atoms with Crippen LogP contribution in [0.2, 0.25) is 0 Å². The van der Waals surface area contributed by atoms with Crippen LogP contribution < -0.4 is 10.1 Å². The van der Waals surface area contributed by atoms with Crippen LogP contribution in [0.3, 0.4) is 0 Å². The number of ketones is 1. The highest BCUT2D eigenvalue weighted by molar-refractivity contribution is 5.98. The molecule has 3 aromatic rings. The molecule has 0 aliphatic rings. The first-order valence-electron chi connectivity index (χ1n) is 13.3. The number of allylic oxidation sites excluding steroid dienone is 1. The molecule has 2 N–H and O–H groups in total. The molecule has 0 aliphatic heterocycles. The first-order chi connectivity index (χ1) is 19.4. The molecule has 0 aliphatic carbocycles. The standard InChI is InChI=1S/C33H34F3NO4/c1-5-21(2)24-9-15-27(16-10-24)31(38)20-30(22(3)28-7-6-8-29(19-28)41-33(34,35)36)26-13-11-25(12-14-26)23(4)37-18-17-32(39)40/h6-16,19,21,30,37H,3-5,17-18,20H2,1-2H3,(H,39,40). The Hall–Kier alpha value is -4.33. The molecular weight excluding hydrogens is 531 g/mol. The minimum absolute atomic E-state index is 0.0447. The number of ether oxygens (including phenoxy) is 1. The molecule has 2 unspecified atom stereocenters. The Morgan fingerprint density at radius 3 is 2.12 bits per heavy atom. The minimum Gasteiger partial charge on any atom is -0.481 e. The van der Waals surface area contributed by atoms with Crippen molar-refractivity contribution in [1.82, 2.24) is 5.32 Å². The van der Waals surface area contributed by atoms with Crippen LogP contribution in [-0.4, -0.2) is 29.8 Å². The maximum Gasteiger partial charge on any atom is 0.573 e. The van der Waals surface area contributed by atoms with Gasteiger partial charge < -0.3 is 15.2 Å². The number of carbonyl (C=O) groups excluding carboxylic acids is 1. The normalized spacial score (nSPS) is 12.7. The Balaban J connectivity index is 1.90. The number of hydrogen-bond donors (Lipinski definition) is 2. The van der Waals surface area contributed by atoms with Crippen molar-refractivity contribution < 1.29 is 32.6 Å². The van der Waals surface area contributed by atoms with Gasteiger partial charge in [0.05, 0.1) is 6.42 Å². The maximum atomic E-state index is 13.4. The summed E-state index contributed by atoms with van der Waals surface area (Å²) in [5.41, 5.74) is 4.58. The van der Waals surface area contributed by atoms with Crippen LogP contribution in [0.4, 0.5) is 13.2 Å². The lowest BCUT2D eigenvalue weighted by Crippen LogP contribution is -2.17. The fourth-order valence-corrected chi connectivity index (χ4v) is 4.41. The Kier molecular flexibility index (Phi) is 10.5. The van der Waals surface area contributed by atoms with E-state index in [9.17, 15) is 22.8 Å². The number of carboxylic acids is 1. The molecule has 2 atom stereocenters. The summed E-state index contributed by atoms with van der Waals surface area (Å²) in [6, 6.07) is 20.3. The monoisotopic (exact) mass is 565 g/mol. The highest BCUT2D eigenvalue weighted by atomic mass is 19.4. The highest BCUT2D eigenvalue weighted by Gasteiger charge is 2.31. The summed E-state index contributed by atoms with van der Waals surface area (Å²) in [5, 5.41) is 11.8. The fourth-order valence-electron chi connectivity index (χ4n) is 4.41. The van der Waals surface area contributed by atoms with Crippen LogP contribution in [0.25, 0.3) is 11.3 Å². The number of halogens is 3. The smallest absolute Gasteiger partial charge is 0.481 e. The van der Waals surface area contributed by atoms with Crippen LogP contribution in [0.15, 0.2) is 86.0 Å². The van der Waals surface area contributed by atoms with E-state index in [-0.39, 0.29) is 30.9 Å². The van der Waals surface area contributed by atoms with E-state index in [1.54, 1.807) is 30.3 Å². The third kappa shape index (κ3) is 9.10. The van der Waals surface area contributed by atoms with E-state index in [0.29, 0.717) is 28.3 Å². The number of carboxylic acid groups (broad SMARTS) is 1. The summed E-state index contributed by atoms with van der Waals surface area (Å²) >= 11 is 0. The SMILES string of the molecule is C=C(NCCC(=O)O)c1ccc(C(CC(=O)c2ccc(C(C)CC)cc2)C(=C)c2cccc(OC(F)(F)F)c2)cc1. The van der Waals surface area contributed by atoms with E-state index in [1.807, 2.05) is 24.3 Å². The minimum atomic E-state index is -4.84. The van der Waals surface area contributed by atoms with Crippen LogP contribution in [0, 0.1) is 0 Å². The largest absolute Gasteiger partial charge is 0.573 e. The fraction of sp³-hybridized carbons (Fsp3) is 0.273. The average Bonchev–Trinajstić information content (AvgIpc) is 2.94. The van der Waals surface area contributed by atoms with Gasteiger partial charge in [-0.3, -0.25) is 9.59 Å². The van der Waals surface area contributed by atoms with Gasteiger partial charge in [0.1, 0.15) is 5.75 Å². The summed E-state index contributed by atoms with van der Waals surface area (Å²) in [4.78, 5) is 24.2. The molecule has 0 aromatic heterocycles. The van der Waals surface area contributed by atoms with Crippen LogP contribution >= 0.6 is 0 Å². The highest BCUT2D eigenvalue weighted by Crippen LogP contribution is 2.37. The van der Waals surface area contributed by atoms with Gasteiger partial charge in [0.2, 0.25) is 0 Å². The average molecular weight is 566 g/mol. The molecule has 0 saturated heterocycles. The Morgan fingerprint density at radius 1 is 0.927 bits per heavy atom. The van der Waals surface area contributed by atoms with Gasteiger partial charge in [0.25, 0.3) is 0 Å². The predicted molar refractivity (Wildman–Crippen MR) is 155 cm³/mol. The van der Waals surface area contributed by atoms with E-state index in [1.165, 1.54) is 18.2 Å². The van der Waals surface area contributed by atoms with Crippen LogP contribution in [0.1, 0.15) is 77.6 Å². The second kappa shape index (κ2) is 13.8. The van der Waals surface area contributed by atoms with E-state index in [0.717, 1.165) is 23.1 Å². The summed E-state index contributed by atoms with van der Waals surface area (Å²) in [7, 11) is 0. The zero-order valence-corrected chi connectivity index (χ0v) is 23.1. The van der Waals surface area contributed by atoms with E-state index in [2.05, 4.69) is 37.1 Å². The van der Waals surface area contributed by atoms with Crippen molar-refractivity contribution >= 4 is 23.0 Å². The molecule has 0 radical (unpaired) electrons. The number of aliphatic carboxylic acids is 1. The van der Waals surface area contributed by atoms with E-state index in [4.69, 9.17) is 5.11 Å². The van der Waals surface area contributed by atoms with Gasteiger partial charge in [-0.25, -0.2) is 0 Å². The molecule has 216 valence electrons. The number of benzene rings is 3. The first kappa shape index (κ1) is 31.2. The van der Waals surface area contributed by atoms with Gasteiger partial charge in [0.15, 0.2) is 5.78 Å². The maximum absolute atomic E-state index is 13.4. The molecule has 8 heteroatoms. The molecule has 5 nitrogen and oxygen atoms in total. The number of hydrogen-bond acceptors (Lipinski definition) is 4. The van der Waals surface area contributed by atoms with E-state index < -0.39 is 18.2 Å². The molecule has 0 saturated carbocycles. The quantitative estimate of drug-likeness (QED) is 0.193. The number of Topliss-reactive ketones (excluding diaryl/α,β-unsaturated/α-hetero) is 1. The molecule has 3 rings (SSSR count). The zero-order valence-electron chi connectivity index (χ0n) is 23.1. The summed E-state index contributed by atoms with van der Waals surface area (Å²) in [6.45, 7) is 12.6. The third-order valence-corrected chi connectivity index (χ3v) is 7.00. The Labute approximate surface area is 238 Å². The first-order valence-corrected chi connectivity index (χ1v) is 13.3. The lowest BCUT2D eigenvalue weighted by Gasteiger charge is -2.22. The van der Waals surface area contributed by atoms with Crippen molar-refractivity contribution in [1.29, 1.82) is 0 Å². The van der Waals surface area contributed by atoms with Crippen molar-refractivity contribution in [3.8, 4) is 5.75 Å². The Bertz CT molecular complexity index is 1380. The van der Waals surface area contributed by atoms with Crippen molar-refractivity contribution in [2.45, 2.75) is 51.3 Å². The lowest BCUT2D eigenvalue weighted by molar-refractivity contribution is -0.274. The molecule has 41 heavy (non-hydrogen) atoms.